The first kappa shape index (κ1) is 16.4. The Morgan fingerprint density at radius 1 is 1.45 bits per heavy atom. The monoisotopic (exact) mass is 329 g/mol. The zero-order chi connectivity index (χ0) is 16.5. The molecule has 1 aliphatic rings. The van der Waals surface area contributed by atoms with Gasteiger partial charge in [-0.15, -0.1) is 3.89 Å². The van der Waals surface area contributed by atoms with E-state index >= 15 is 0 Å². The van der Waals surface area contributed by atoms with Gasteiger partial charge in [0, 0.05) is 24.6 Å². The van der Waals surface area contributed by atoms with Crippen LogP contribution in [0.4, 0.5) is 9.57 Å². The Morgan fingerprint density at radius 2 is 2.14 bits per heavy atom. The van der Waals surface area contributed by atoms with Crippen LogP contribution in [0.3, 0.4) is 0 Å². The molecule has 1 amide bonds. The number of nitrogens with zero attached hydrogens (tertiary/aromatic N) is 1. The van der Waals surface area contributed by atoms with Crippen LogP contribution in [0.15, 0.2) is 18.2 Å². The maximum Gasteiger partial charge on any atom is 0.337 e. The van der Waals surface area contributed by atoms with Crippen LogP contribution in [0.5, 0.6) is 0 Å². The van der Waals surface area contributed by atoms with E-state index in [0.717, 1.165) is 0 Å². The predicted molar refractivity (Wildman–Crippen MR) is 77.9 cm³/mol. The van der Waals surface area contributed by atoms with Gasteiger partial charge in [-0.1, -0.05) is 0 Å². The lowest BCUT2D eigenvalue weighted by Gasteiger charge is -2.19. The number of benzene rings is 1. The van der Waals surface area contributed by atoms with E-state index in [1.807, 2.05) is 0 Å². The van der Waals surface area contributed by atoms with Crippen LogP contribution in [0.1, 0.15) is 22.3 Å². The molecule has 1 aliphatic heterocycles. The lowest BCUT2D eigenvalue weighted by Crippen LogP contribution is -2.26. The van der Waals surface area contributed by atoms with Crippen LogP contribution in [0, 0.1) is 12.8 Å². The number of esters is 1. The molecule has 0 bridgehead atoms. The van der Waals surface area contributed by atoms with E-state index in [1.165, 1.54) is 18.1 Å². The highest BCUT2D eigenvalue weighted by Crippen LogP contribution is 2.29. The van der Waals surface area contributed by atoms with Crippen molar-refractivity contribution in [3.8, 4) is 0 Å². The Hall–Kier alpha value is -1.96. The SMILES string of the molecule is COC(=O)c1ccc(N2CC(CS(=O)(=O)F)CC2=O)c(C)c1. The van der Waals surface area contributed by atoms with Gasteiger partial charge in [-0.25, -0.2) is 4.79 Å². The Bertz CT molecular complexity index is 716. The minimum atomic E-state index is -4.61. The Morgan fingerprint density at radius 3 is 2.68 bits per heavy atom. The number of hydrogen-bond acceptors (Lipinski definition) is 5. The van der Waals surface area contributed by atoms with E-state index in [1.54, 1.807) is 19.1 Å². The van der Waals surface area contributed by atoms with Gasteiger partial charge >= 0.3 is 16.2 Å². The second-order valence-corrected chi connectivity index (χ2v) is 6.68. The number of ether oxygens (including phenoxy) is 1. The molecular formula is C14H16FNO5S. The van der Waals surface area contributed by atoms with E-state index in [9.17, 15) is 21.9 Å². The number of rotatable bonds is 4. The average Bonchev–Trinajstić information content (AvgIpc) is 2.76. The second-order valence-electron chi connectivity index (χ2n) is 5.27. The third kappa shape index (κ3) is 3.62. The van der Waals surface area contributed by atoms with Crippen LogP contribution in [-0.2, 0) is 19.8 Å². The minimum Gasteiger partial charge on any atom is -0.465 e. The molecule has 2 rings (SSSR count). The molecule has 0 spiro atoms. The van der Waals surface area contributed by atoms with Crippen LogP contribution in [-0.4, -0.2) is 39.7 Å². The number of halogens is 1. The molecule has 1 aromatic carbocycles. The summed E-state index contributed by atoms with van der Waals surface area (Å²) in [5, 5.41) is 0. The third-order valence-corrected chi connectivity index (χ3v) is 4.42. The molecule has 120 valence electrons. The van der Waals surface area contributed by atoms with Crippen molar-refractivity contribution >= 4 is 27.8 Å². The van der Waals surface area contributed by atoms with Gasteiger partial charge in [0.15, 0.2) is 0 Å². The Kier molecular flexibility index (Phi) is 4.50. The number of hydrogen-bond donors (Lipinski definition) is 0. The van der Waals surface area contributed by atoms with Crippen LogP contribution in [0.25, 0.3) is 0 Å². The van der Waals surface area contributed by atoms with Crippen molar-refractivity contribution in [2.45, 2.75) is 13.3 Å². The maximum atomic E-state index is 12.7. The molecule has 1 atom stereocenters. The zero-order valence-corrected chi connectivity index (χ0v) is 13.0. The van der Waals surface area contributed by atoms with E-state index in [2.05, 4.69) is 4.74 Å². The summed E-state index contributed by atoms with van der Waals surface area (Å²) >= 11 is 0. The molecule has 0 N–H and O–H groups in total. The summed E-state index contributed by atoms with van der Waals surface area (Å²) in [6.45, 7) is 1.87. The van der Waals surface area contributed by atoms with Crippen molar-refractivity contribution in [3.63, 3.8) is 0 Å². The van der Waals surface area contributed by atoms with Crippen molar-refractivity contribution in [1.29, 1.82) is 0 Å². The summed E-state index contributed by atoms with van der Waals surface area (Å²) in [7, 11) is -3.33. The largest absolute Gasteiger partial charge is 0.465 e. The quantitative estimate of drug-likeness (QED) is 0.617. The molecule has 22 heavy (non-hydrogen) atoms. The summed E-state index contributed by atoms with van der Waals surface area (Å²) in [6.07, 6.45) is -0.0126. The Balaban J connectivity index is 2.22. The molecule has 0 aliphatic carbocycles. The Labute approximate surface area is 128 Å². The number of carbonyl (C=O) groups is 2. The van der Waals surface area contributed by atoms with Gasteiger partial charge in [0.25, 0.3) is 0 Å². The predicted octanol–water partition coefficient (Wildman–Crippen LogP) is 1.43. The first-order valence-electron chi connectivity index (χ1n) is 6.63. The van der Waals surface area contributed by atoms with Crippen LogP contribution in [0.2, 0.25) is 0 Å². The van der Waals surface area contributed by atoms with Crippen molar-refractivity contribution < 1.29 is 26.6 Å². The van der Waals surface area contributed by atoms with Gasteiger partial charge < -0.3 is 9.64 Å². The first-order chi connectivity index (χ1) is 10.2. The number of methoxy groups -OCH3 is 1. The summed E-state index contributed by atoms with van der Waals surface area (Å²) in [6, 6.07) is 4.72. The molecular weight excluding hydrogens is 313 g/mol. The molecule has 1 fully saturated rings. The normalized spacial score (nSPS) is 18.6. The van der Waals surface area contributed by atoms with E-state index in [-0.39, 0.29) is 18.9 Å². The smallest absolute Gasteiger partial charge is 0.337 e. The molecule has 0 aromatic heterocycles. The van der Waals surface area contributed by atoms with Gasteiger partial charge in [0.2, 0.25) is 5.91 Å². The zero-order valence-electron chi connectivity index (χ0n) is 12.2. The third-order valence-electron chi connectivity index (χ3n) is 3.55. The molecule has 6 nitrogen and oxygen atoms in total. The molecule has 1 saturated heterocycles. The number of carbonyl (C=O) groups excluding carboxylic acids is 2. The number of amides is 1. The standard InChI is InChI=1S/C14H16FNO5S/c1-9-5-11(14(18)21-2)3-4-12(9)16-7-10(6-13(16)17)8-22(15,19)20/h3-5,10H,6-8H2,1-2H3. The summed E-state index contributed by atoms with van der Waals surface area (Å²) < 4.78 is 38.8. The molecule has 1 unspecified atom stereocenters. The highest BCUT2D eigenvalue weighted by Gasteiger charge is 2.34. The van der Waals surface area contributed by atoms with Crippen LogP contribution < -0.4 is 4.90 Å². The molecule has 1 aromatic rings. The van der Waals surface area contributed by atoms with Gasteiger partial charge in [0.1, 0.15) is 0 Å². The van der Waals surface area contributed by atoms with Gasteiger partial charge in [-0.3, -0.25) is 4.79 Å². The fraction of sp³-hybridized carbons (Fsp3) is 0.429. The fourth-order valence-electron chi connectivity index (χ4n) is 2.61. The topological polar surface area (TPSA) is 80.8 Å². The molecule has 0 radical (unpaired) electrons. The van der Waals surface area contributed by atoms with E-state index < -0.39 is 27.9 Å². The highest BCUT2D eigenvalue weighted by atomic mass is 32.3. The van der Waals surface area contributed by atoms with Crippen molar-refractivity contribution in [2.24, 2.45) is 5.92 Å². The van der Waals surface area contributed by atoms with Crippen LogP contribution >= 0.6 is 0 Å². The maximum absolute atomic E-state index is 12.7. The van der Waals surface area contributed by atoms with E-state index in [4.69, 9.17) is 0 Å². The highest BCUT2D eigenvalue weighted by molar-refractivity contribution is 7.86. The van der Waals surface area contributed by atoms with Crippen molar-refractivity contribution in [3.05, 3.63) is 29.3 Å². The fourth-order valence-corrected chi connectivity index (χ4v) is 3.40. The number of anilines is 1. The summed E-state index contributed by atoms with van der Waals surface area (Å²) in [5.41, 5.74) is 1.62. The lowest BCUT2D eigenvalue weighted by atomic mass is 10.1. The van der Waals surface area contributed by atoms with Crippen molar-refractivity contribution in [1.82, 2.24) is 0 Å². The minimum absolute atomic E-state index is 0.0126. The average molecular weight is 329 g/mol. The summed E-state index contributed by atoms with van der Waals surface area (Å²) in [5.74, 6) is -1.97. The molecule has 0 saturated carbocycles. The lowest BCUT2D eigenvalue weighted by molar-refractivity contribution is -0.117. The first-order valence-corrected chi connectivity index (χ1v) is 8.18. The number of aryl methyl sites for hydroxylation is 1. The van der Waals surface area contributed by atoms with Gasteiger partial charge in [-0.2, -0.15) is 8.42 Å². The van der Waals surface area contributed by atoms with Gasteiger partial charge in [-0.05, 0) is 30.7 Å². The second kappa shape index (κ2) is 6.04. The summed E-state index contributed by atoms with van der Waals surface area (Å²) in [4.78, 5) is 24.9. The molecule has 8 heteroatoms. The van der Waals surface area contributed by atoms with Crippen molar-refractivity contribution in [2.75, 3.05) is 24.3 Å². The van der Waals surface area contributed by atoms with Gasteiger partial charge in [0.05, 0.1) is 18.4 Å². The van der Waals surface area contributed by atoms with E-state index in [0.29, 0.717) is 16.8 Å². The molecule has 1 heterocycles.